The number of fused-ring (bicyclic) bond motifs is 1. The minimum absolute atomic E-state index is 0.0212. The highest BCUT2D eigenvalue weighted by Gasteiger charge is 2.56. The van der Waals surface area contributed by atoms with Gasteiger partial charge in [0.05, 0.1) is 0 Å². The number of phenols is 1. The topological polar surface area (TPSA) is 126 Å². The first-order valence-electron chi connectivity index (χ1n) is 9.25. The molecule has 2 N–H and O–H groups in total. The number of urea groups is 1. The quantitative estimate of drug-likeness (QED) is 0.443. The van der Waals surface area contributed by atoms with Gasteiger partial charge in [-0.15, -0.1) is 0 Å². The maximum atomic E-state index is 12.6. The molecule has 1 aliphatic carbocycles. The summed E-state index contributed by atoms with van der Waals surface area (Å²) >= 11 is 0. The van der Waals surface area contributed by atoms with Crippen LogP contribution in [0.4, 0.5) is 4.79 Å². The number of nitrogens with one attached hydrogen (secondary N) is 1. The molecule has 0 spiro atoms. The first kappa shape index (κ1) is 19.0. The normalized spacial score (nSPS) is 21.5. The van der Waals surface area contributed by atoms with Crippen molar-refractivity contribution in [1.29, 1.82) is 0 Å². The summed E-state index contributed by atoms with van der Waals surface area (Å²) in [6.07, 6.45) is 1.72. The number of benzene rings is 1. The molecule has 4 rings (SSSR count). The van der Waals surface area contributed by atoms with E-state index in [9.17, 15) is 24.3 Å². The summed E-state index contributed by atoms with van der Waals surface area (Å²) in [5, 5.41) is 13.0. The van der Waals surface area contributed by atoms with E-state index in [0.29, 0.717) is 16.5 Å². The molecule has 9 nitrogen and oxygen atoms in total. The zero-order chi connectivity index (χ0) is 20.9. The molecule has 2 heterocycles. The molecule has 2 aliphatic rings. The summed E-state index contributed by atoms with van der Waals surface area (Å²) in [5.41, 5.74) is -0.616. The molecular weight excluding hydrogens is 380 g/mol. The summed E-state index contributed by atoms with van der Waals surface area (Å²) in [7, 11) is 0. The van der Waals surface area contributed by atoms with E-state index in [0.717, 1.165) is 17.7 Å². The lowest BCUT2D eigenvalue weighted by Crippen LogP contribution is -2.46. The lowest BCUT2D eigenvalue weighted by atomic mass is 9.96. The molecule has 1 saturated heterocycles. The van der Waals surface area contributed by atoms with Crippen molar-refractivity contribution in [3.8, 4) is 5.75 Å². The Morgan fingerprint density at radius 2 is 2.07 bits per heavy atom. The number of hydrogen-bond acceptors (Lipinski definition) is 7. The van der Waals surface area contributed by atoms with Crippen molar-refractivity contribution in [3.63, 3.8) is 0 Å². The van der Waals surface area contributed by atoms with Gasteiger partial charge in [0.2, 0.25) is 0 Å². The van der Waals surface area contributed by atoms with Crippen molar-refractivity contribution >= 4 is 28.9 Å². The molecule has 0 radical (unpaired) electrons. The van der Waals surface area contributed by atoms with Crippen LogP contribution in [-0.2, 0) is 20.9 Å². The number of aromatic hydroxyl groups is 1. The number of amides is 3. The van der Waals surface area contributed by atoms with Gasteiger partial charge in [0.15, 0.2) is 0 Å². The Morgan fingerprint density at radius 1 is 1.34 bits per heavy atom. The van der Waals surface area contributed by atoms with Crippen LogP contribution in [0, 0.1) is 12.8 Å². The molecule has 152 valence electrons. The number of carbonyl (C=O) groups is 3. The zero-order valence-corrected chi connectivity index (χ0v) is 16.0. The van der Waals surface area contributed by atoms with E-state index in [-0.39, 0.29) is 23.9 Å². The van der Waals surface area contributed by atoms with Crippen molar-refractivity contribution in [1.82, 2.24) is 10.2 Å². The third-order valence-corrected chi connectivity index (χ3v) is 5.59. The molecule has 3 amide bonds. The van der Waals surface area contributed by atoms with Crippen molar-refractivity contribution in [2.24, 2.45) is 5.92 Å². The van der Waals surface area contributed by atoms with Gasteiger partial charge < -0.3 is 19.6 Å². The average molecular weight is 400 g/mol. The lowest BCUT2D eigenvalue weighted by molar-refractivity contribution is -0.148. The molecule has 0 unspecified atom stereocenters. The highest BCUT2D eigenvalue weighted by Crippen LogP contribution is 2.42. The highest BCUT2D eigenvalue weighted by molar-refractivity contribution is 6.08. The number of rotatable bonds is 5. The molecular formula is C20H20N2O7. The second-order valence-electron chi connectivity index (χ2n) is 7.64. The summed E-state index contributed by atoms with van der Waals surface area (Å²) < 4.78 is 10.4. The number of carbonyl (C=O) groups excluding carboxylic acids is 3. The Morgan fingerprint density at radius 3 is 2.76 bits per heavy atom. The smallest absolute Gasteiger partial charge is 0.336 e. The van der Waals surface area contributed by atoms with E-state index in [1.165, 1.54) is 12.1 Å². The molecule has 1 atom stereocenters. The van der Waals surface area contributed by atoms with Crippen LogP contribution in [0.5, 0.6) is 5.75 Å². The molecule has 29 heavy (non-hydrogen) atoms. The predicted octanol–water partition coefficient (Wildman–Crippen LogP) is 1.57. The number of esters is 1. The van der Waals surface area contributed by atoms with E-state index in [2.05, 4.69) is 5.32 Å². The summed E-state index contributed by atoms with van der Waals surface area (Å²) in [4.78, 5) is 49.7. The van der Waals surface area contributed by atoms with Crippen molar-refractivity contribution in [3.05, 3.63) is 39.7 Å². The fourth-order valence-corrected chi connectivity index (χ4v) is 3.66. The van der Waals surface area contributed by atoms with Gasteiger partial charge in [0.25, 0.3) is 5.91 Å². The Bertz CT molecular complexity index is 1100. The fourth-order valence-electron chi connectivity index (χ4n) is 3.66. The standard InChI is InChI=1S/C20H20N2O7/c1-10-14(23)6-5-13-11(7-15(24)29-17(10)13)9-28-16(25)8-22-18(26)20(2,12-3-4-12)21-19(22)27/h5-7,12,23H,3-4,8-9H2,1-2H3,(H,21,27)/t20-/m0/s1. The van der Waals surface area contributed by atoms with Gasteiger partial charge in [0, 0.05) is 22.6 Å². The van der Waals surface area contributed by atoms with E-state index in [1.807, 2.05) is 0 Å². The van der Waals surface area contributed by atoms with Crippen LogP contribution in [0.2, 0.25) is 0 Å². The molecule has 1 aromatic carbocycles. The number of imide groups is 1. The van der Waals surface area contributed by atoms with Gasteiger partial charge in [-0.1, -0.05) is 0 Å². The summed E-state index contributed by atoms with van der Waals surface area (Å²) in [6.45, 7) is 2.52. The van der Waals surface area contributed by atoms with Gasteiger partial charge in [-0.25, -0.2) is 9.59 Å². The monoisotopic (exact) mass is 400 g/mol. The molecule has 1 aromatic heterocycles. The van der Waals surface area contributed by atoms with E-state index >= 15 is 0 Å². The minimum Gasteiger partial charge on any atom is -0.508 e. The van der Waals surface area contributed by atoms with Crippen LogP contribution in [0.1, 0.15) is 30.9 Å². The molecule has 2 aromatic rings. The number of hydrogen-bond donors (Lipinski definition) is 2. The molecule has 0 bridgehead atoms. The molecule has 2 fully saturated rings. The summed E-state index contributed by atoms with van der Waals surface area (Å²) in [6, 6.07) is 3.60. The van der Waals surface area contributed by atoms with Gasteiger partial charge in [-0.05, 0) is 44.7 Å². The van der Waals surface area contributed by atoms with Crippen molar-refractivity contribution < 1.29 is 28.6 Å². The maximum Gasteiger partial charge on any atom is 0.336 e. The van der Waals surface area contributed by atoms with Gasteiger partial charge in [-0.3, -0.25) is 14.5 Å². The Labute approximate surface area is 165 Å². The number of nitrogens with zero attached hydrogens (tertiary/aromatic N) is 1. The molecule has 1 saturated carbocycles. The molecule has 1 aliphatic heterocycles. The highest BCUT2D eigenvalue weighted by atomic mass is 16.5. The van der Waals surface area contributed by atoms with E-state index in [4.69, 9.17) is 9.15 Å². The van der Waals surface area contributed by atoms with Gasteiger partial charge in [0.1, 0.15) is 30.0 Å². The first-order valence-corrected chi connectivity index (χ1v) is 9.25. The number of aryl methyl sites for hydroxylation is 1. The zero-order valence-electron chi connectivity index (χ0n) is 16.0. The Balaban J connectivity index is 1.48. The largest absolute Gasteiger partial charge is 0.508 e. The van der Waals surface area contributed by atoms with E-state index < -0.39 is 35.6 Å². The minimum atomic E-state index is -0.967. The fraction of sp³-hybridized carbons (Fsp3) is 0.400. The second-order valence-corrected chi connectivity index (χ2v) is 7.64. The number of phenolic OH excluding ortho intramolecular Hbond substituents is 1. The van der Waals surface area contributed by atoms with Crippen LogP contribution in [0.3, 0.4) is 0 Å². The molecule has 9 heteroatoms. The van der Waals surface area contributed by atoms with Crippen molar-refractivity contribution in [2.75, 3.05) is 6.54 Å². The Kier molecular flexibility index (Phi) is 4.33. The van der Waals surface area contributed by atoms with Crippen LogP contribution >= 0.6 is 0 Å². The lowest BCUT2D eigenvalue weighted by Gasteiger charge is -2.20. The Hall–Kier alpha value is -3.36. The average Bonchev–Trinajstić information content (AvgIpc) is 3.49. The summed E-state index contributed by atoms with van der Waals surface area (Å²) in [5.74, 6) is -1.13. The van der Waals surface area contributed by atoms with Crippen LogP contribution in [0.25, 0.3) is 11.0 Å². The second kappa shape index (κ2) is 6.61. The third kappa shape index (κ3) is 3.22. The third-order valence-electron chi connectivity index (χ3n) is 5.59. The maximum absolute atomic E-state index is 12.6. The first-order chi connectivity index (χ1) is 13.7. The van der Waals surface area contributed by atoms with Crippen molar-refractivity contribution in [2.45, 2.75) is 38.8 Å². The van der Waals surface area contributed by atoms with Gasteiger partial charge in [-0.2, -0.15) is 0 Å². The predicted molar refractivity (Wildman–Crippen MR) is 100 cm³/mol. The van der Waals surface area contributed by atoms with Gasteiger partial charge >= 0.3 is 17.6 Å². The van der Waals surface area contributed by atoms with Crippen LogP contribution < -0.4 is 10.9 Å². The van der Waals surface area contributed by atoms with Crippen LogP contribution in [-0.4, -0.2) is 40.0 Å². The SMILES string of the molecule is Cc1c(O)ccc2c(COC(=O)CN3C(=O)N[C@@](C)(C4CC4)C3=O)cc(=O)oc12. The van der Waals surface area contributed by atoms with E-state index in [1.54, 1.807) is 19.9 Å². The van der Waals surface area contributed by atoms with Crippen LogP contribution in [0.15, 0.2) is 27.4 Å². The number of ether oxygens (including phenoxy) is 1.